The Morgan fingerprint density at radius 2 is 2.06 bits per heavy atom. The maximum atomic E-state index is 6.14. The molecule has 0 saturated heterocycles. The van der Waals surface area contributed by atoms with Gasteiger partial charge < -0.3 is 0 Å². The van der Waals surface area contributed by atoms with E-state index >= 15 is 0 Å². The number of benzene rings is 1. The van der Waals surface area contributed by atoms with E-state index in [0.29, 0.717) is 5.02 Å². The van der Waals surface area contributed by atoms with Crippen molar-refractivity contribution in [1.29, 1.82) is 0 Å². The van der Waals surface area contributed by atoms with Crippen LogP contribution in [-0.2, 0) is 9.78 Å². The lowest BCUT2D eigenvalue weighted by Gasteiger charge is -2.16. The van der Waals surface area contributed by atoms with E-state index in [1.165, 1.54) is 7.11 Å². The van der Waals surface area contributed by atoms with Gasteiger partial charge in [-0.05, 0) is 25.3 Å². The minimum atomic E-state index is -0.116. The molecule has 0 bridgehead atoms. The summed E-state index contributed by atoms with van der Waals surface area (Å²) in [6.45, 7) is 2.12. The first kappa shape index (κ1) is 14.2. The zero-order valence-corrected chi connectivity index (χ0v) is 11.1. The molecule has 17 heavy (non-hydrogen) atoms. The van der Waals surface area contributed by atoms with Crippen LogP contribution < -0.4 is 0 Å². The largest absolute Gasteiger partial charge is 0.239 e. The Morgan fingerprint density at radius 1 is 1.29 bits per heavy atom. The smallest absolute Gasteiger partial charge is 0.120 e. The van der Waals surface area contributed by atoms with Crippen LogP contribution in [0.5, 0.6) is 0 Å². The molecule has 1 aromatic carbocycles. The van der Waals surface area contributed by atoms with Crippen LogP contribution >= 0.6 is 11.6 Å². The molecule has 0 radical (unpaired) electrons. The summed E-state index contributed by atoms with van der Waals surface area (Å²) in [5.41, 5.74) is 0.973. The highest BCUT2D eigenvalue weighted by Crippen LogP contribution is 2.29. The van der Waals surface area contributed by atoms with Gasteiger partial charge in [0.15, 0.2) is 0 Å². The molecule has 0 aliphatic carbocycles. The highest BCUT2D eigenvalue weighted by molar-refractivity contribution is 6.31. The van der Waals surface area contributed by atoms with Crippen molar-refractivity contribution in [1.82, 2.24) is 0 Å². The average molecular weight is 255 g/mol. The Balaban J connectivity index is 2.65. The van der Waals surface area contributed by atoms with Gasteiger partial charge in [0.2, 0.25) is 0 Å². The van der Waals surface area contributed by atoms with Gasteiger partial charge >= 0.3 is 0 Å². The summed E-state index contributed by atoms with van der Waals surface area (Å²) in [4.78, 5) is 10.1. The molecule has 1 rings (SSSR count). The number of allylic oxidation sites excluding steroid dienone is 2. The second-order valence-electron chi connectivity index (χ2n) is 3.73. The van der Waals surface area contributed by atoms with Crippen molar-refractivity contribution in [2.45, 2.75) is 32.3 Å². The van der Waals surface area contributed by atoms with E-state index in [4.69, 9.17) is 21.4 Å². The van der Waals surface area contributed by atoms with Crippen LogP contribution in [0.25, 0.3) is 0 Å². The van der Waals surface area contributed by atoms with Crippen molar-refractivity contribution >= 4 is 11.6 Å². The molecule has 0 aliphatic heterocycles. The molecule has 0 aliphatic rings. The first-order valence-electron chi connectivity index (χ1n) is 5.88. The van der Waals surface area contributed by atoms with Gasteiger partial charge in [0.1, 0.15) is 6.10 Å². The van der Waals surface area contributed by atoms with Crippen LogP contribution in [-0.4, -0.2) is 7.11 Å². The van der Waals surface area contributed by atoms with Crippen molar-refractivity contribution in [3.63, 3.8) is 0 Å². The molecular formula is C14H19ClO2. The third-order valence-corrected chi connectivity index (χ3v) is 2.81. The van der Waals surface area contributed by atoms with E-state index in [0.717, 1.165) is 24.8 Å². The Kier molecular flexibility index (Phi) is 6.94. The maximum absolute atomic E-state index is 6.14. The Labute approximate surface area is 108 Å². The Hall–Kier alpha value is -0.830. The van der Waals surface area contributed by atoms with Crippen LogP contribution in [0.15, 0.2) is 36.4 Å². The number of halogens is 1. The van der Waals surface area contributed by atoms with Gasteiger partial charge in [0.05, 0.1) is 7.11 Å². The van der Waals surface area contributed by atoms with Crippen molar-refractivity contribution in [3.8, 4) is 0 Å². The molecule has 3 heteroatoms. The van der Waals surface area contributed by atoms with Crippen molar-refractivity contribution in [3.05, 3.63) is 47.0 Å². The fourth-order valence-electron chi connectivity index (χ4n) is 1.64. The van der Waals surface area contributed by atoms with E-state index in [1.807, 2.05) is 24.3 Å². The van der Waals surface area contributed by atoms with Gasteiger partial charge in [-0.15, -0.1) is 0 Å². The first-order valence-corrected chi connectivity index (χ1v) is 6.26. The summed E-state index contributed by atoms with van der Waals surface area (Å²) in [5.74, 6) is 0. The molecule has 1 unspecified atom stereocenters. The standard InChI is InChI=1S/C14H19ClO2/c1-3-4-5-6-11-14(17-16-2)12-9-7-8-10-13(12)15/h4-5,7-10,14H,3,6,11H2,1-2H3. The Bertz CT molecular complexity index is 350. The molecule has 1 atom stereocenters. The summed E-state index contributed by atoms with van der Waals surface area (Å²) in [7, 11) is 1.52. The predicted octanol–water partition coefficient (Wildman–Crippen LogP) is 4.71. The van der Waals surface area contributed by atoms with E-state index in [2.05, 4.69) is 19.1 Å². The molecule has 1 aromatic rings. The lowest BCUT2D eigenvalue weighted by atomic mass is 10.0. The summed E-state index contributed by atoms with van der Waals surface area (Å²) < 4.78 is 0. The molecule has 0 fully saturated rings. The van der Waals surface area contributed by atoms with Crippen LogP contribution in [0, 0.1) is 0 Å². The molecule has 0 saturated carbocycles. The molecule has 0 N–H and O–H groups in total. The van der Waals surface area contributed by atoms with Gasteiger partial charge in [0, 0.05) is 10.6 Å². The highest BCUT2D eigenvalue weighted by atomic mass is 35.5. The number of rotatable bonds is 7. The fraction of sp³-hybridized carbons (Fsp3) is 0.429. The molecule has 0 heterocycles. The summed E-state index contributed by atoms with van der Waals surface area (Å²) in [5, 5.41) is 0.717. The van der Waals surface area contributed by atoms with Crippen LogP contribution in [0.2, 0.25) is 5.02 Å². The van der Waals surface area contributed by atoms with Gasteiger partial charge in [-0.2, -0.15) is 0 Å². The zero-order valence-electron chi connectivity index (χ0n) is 10.4. The van der Waals surface area contributed by atoms with Crippen molar-refractivity contribution < 1.29 is 9.78 Å². The fourth-order valence-corrected chi connectivity index (χ4v) is 1.90. The topological polar surface area (TPSA) is 18.5 Å². The van der Waals surface area contributed by atoms with E-state index in [1.54, 1.807) is 0 Å². The van der Waals surface area contributed by atoms with Crippen LogP contribution in [0.3, 0.4) is 0 Å². The average Bonchev–Trinajstić information content (AvgIpc) is 2.34. The number of hydrogen-bond acceptors (Lipinski definition) is 2. The number of hydrogen-bond donors (Lipinski definition) is 0. The predicted molar refractivity (Wildman–Crippen MR) is 71.0 cm³/mol. The van der Waals surface area contributed by atoms with Crippen LogP contribution in [0.4, 0.5) is 0 Å². The summed E-state index contributed by atoms with van der Waals surface area (Å²) in [6, 6.07) is 7.70. The quantitative estimate of drug-likeness (QED) is 0.399. The first-order chi connectivity index (χ1) is 8.29. The third kappa shape index (κ3) is 4.90. The van der Waals surface area contributed by atoms with Gasteiger partial charge in [-0.25, -0.2) is 9.78 Å². The minimum Gasteiger partial charge on any atom is -0.239 e. The van der Waals surface area contributed by atoms with Crippen molar-refractivity contribution in [2.24, 2.45) is 0 Å². The SMILES string of the molecule is CCC=CCCC(OOC)c1ccccc1Cl. The summed E-state index contributed by atoms with van der Waals surface area (Å²) in [6.07, 6.45) is 7.05. The molecule has 0 spiro atoms. The second-order valence-corrected chi connectivity index (χ2v) is 4.14. The van der Waals surface area contributed by atoms with E-state index in [9.17, 15) is 0 Å². The molecular weight excluding hydrogens is 236 g/mol. The lowest BCUT2D eigenvalue weighted by Crippen LogP contribution is -2.04. The van der Waals surface area contributed by atoms with E-state index < -0.39 is 0 Å². The van der Waals surface area contributed by atoms with Gasteiger partial charge in [-0.1, -0.05) is 48.9 Å². The minimum absolute atomic E-state index is 0.116. The Morgan fingerprint density at radius 3 is 2.71 bits per heavy atom. The zero-order chi connectivity index (χ0) is 12.5. The third-order valence-electron chi connectivity index (χ3n) is 2.46. The maximum Gasteiger partial charge on any atom is 0.120 e. The van der Waals surface area contributed by atoms with E-state index in [-0.39, 0.29) is 6.10 Å². The molecule has 2 nitrogen and oxygen atoms in total. The normalized spacial score (nSPS) is 13.1. The highest BCUT2D eigenvalue weighted by Gasteiger charge is 2.14. The molecule has 94 valence electrons. The molecule has 0 aromatic heterocycles. The summed E-state index contributed by atoms with van der Waals surface area (Å²) >= 11 is 6.14. The van der Waals surface area contributed by atoms with Crippen molar-refractivity contribution in [2.75, 3.05) is 7.11 Å². The second kappa shape index (κ2) is 8.29. The monoisotopic (exact) mass is 254 g/mol. The molecule has 0 amide bonds. The van der Waals surface area contributed by atoms with Crippen LogP contribution in [0.1, 0.15) is 37.9 Å². The van der Waals surface area contributed by atoms with Gasteiger partial charge in [-0.3, -0.25) is 0 Å². The lowest BCUT2D eigenvalue weighted by molar-refractivity contribution is -0.308. The van der Waals surface area contributed by atoms with Gasteiger partial charge in [0.25, 0.3) is 0 Å².